The average Bonchev–Trinajstić information content (AvgIpc) is 2.05. The first-order valence-corrected chi connectivity index (χ1v) is 6.46. The van der Waals surface area contributed by atoms with E-state index in [1.54, 1.807) is 0 Å². The van der Waals surface area contributed by atoms with E-state index in [-0.39, 0.29) is 0 Å². The molecule has 1 saturated heterocycles. The van der Waals surface area contributed by atoms with E-state index in [1.807, 2.05) is 0 Å². The summed E-state index contributed by atoms with van der Waals surface area (Å²) < 4.78 is 91.1. The van der Waals surface area contributed by atoms with E-state index in [9.17, 15) is 34.4 Å². The first kappa shape index (κ1) is 12.4. The van der Waals surface area contributed by atoms with Gasteiger partial charge in [0, 0.05) is 0 Å². The third kappa shape index (κ3) is 1.02. The van der Waals surface area contributed by atoms with Gasteiger partial charge in [-0.15, -0.1) is 0 Å². The molecule has 0 aliphatic carbocycles. The van der Waals surface area contributed by atoms with Crippen LogP contribution < -0.4 is 0 Å². The normalized spacial score (nSPS) is 32.9. The van der Waals surface area contributed by atoms with E-state index in [0.717, 1.165) is 0 Å². The molecule has 84 valence electrons. The molecule has 0 atom stereocenters. The second-order valence-electron chi connectivity index (χ2n) is 2.20. The van der Waals surface area contributed by atoms with Gasteiger partial charge in [-0.3, -0.25) is 0 Å². The Kier molecular flexibility index (Phi) is 2.39. The summed E-state index contributed by atoms with van der Waals surface area (Å²) in [6.45, 7) is 0. The summed E-state index contributed by atoms with van der Waals surface area (Å²) >= 11 is 0.365. The number of nitrogens with zero attached hydrogens (tertiary/aromatic N) is 1. The van der Waals surface area contributed by atoms with Gasteiger partial charge in [0.05, 0.1) is 22.9 Å². The van der Waals surface area contributed by atoms with Crippen molar-refractivity contribution in [3.8, 4) is 0 Å². The Labute approximate surface area is 89.7 Å². The number of rotatable bonds is 0. The number of halogens is 5. The van der Waals surface area contributed by atoms with E-state index < -0.39 is 32.5 Å². The molecule has 0 spiro atoms. The second-order valence-corrected chi connectivity index (χ2v) is 8.36. The third-order valence-electron chi connectivity index (χ3n) is 1.36. The molecule has 0 radical (unpaired) electrons. The SMILES string of the molecule is O=S1(=O)N(I)S(=O)(=O)C(F)(F)C1(F)F. The van der Waals surface area contributed by atoms with Gasteiger partial charge in [-0.2, -0.15) is 17.6 Å². The van der Waals surface area contributed by atoms with E-state index in [4.69, 9.17) is 0 Å². The molecule has 1 rings (SSSR count). The van der Waals surface area contributed by atoms with Crippen molar-refractivity contribution >= 4 is 42.9 Å². The summed E-state index contributed by atoms with van der Waals surface area (Å²) in [6.07, 6.45) is 0. The van der Waals surface area contributed by atoms with Crippen molar-refractivity contribution in [3.63, 3.8) is 0 Å². The maximum Gasteiger partial charge on any atom is 0.439 e. The Balaban J connectivity index is 3.73. The van der Waals surface area contributed by atoms with Gasteiger partial charge in [0.25, 0.3) is 0 Å². The van der Waals surface area contributed by atoms with Gasteiger partial charge in [-0.05, 0) is 1.92 Å². The van der Waals surface area contributed by atoms with Crippen LogP contribution in [0.1, 0.15) is 0 Å². The second kappa shape index (κ2) is 2.70. The molecule has 0 unspecified atom stereocenters. The van der Waals surface area contributed by atoms with Crippen LogP contribution in [0, 0.1) is 0 Å². The minimum absolute atomic E-state index is 0.365. The molecular formula is C2F4INO4S2. The smallest absolute Gasteiger partial charge is 0.204 e. The molecule has 0 saturated carbocycles. The Morgan fingerprint density at radius 1 is 0.857 bits per heavy atom. The lowest BCUT2D eigenvalue weighted by molar-refractivity contribution is -0.0920. The van der Waals surface area contributed by atoms with E-state index >= 15 is 0 Å². The van der Waals surface area contributed by atoms with Crippen LogP contribution in [-0.4, -0.2) is 29.3 Å². The molecule has 12 heteroatoms. The lowest BCUT2D eigenvalue weighted by atomic mass is 10.7. The van der Waals surface area contributed by atoms with Gasteiger partial charge >= 0.3 is 30.6 Å². The van der Waals surface area contributed by atoms with Gasteiger partial charge in [0.1, 0.15) is 0 Å². The number of hydrogen-bond acceptors (Lipinski definition) is 4. The highest BCUT2D eigenvalue weighted by Crippen LogP contribution is 2.53. The highest BCUT2D eigenvalue weighted by molar-refractivity contribution is 14.1. The van der Waals surface area contributed by atoms with E-state index in [1.165, 1.54) is 0 Å². The molecule has 0 bridgehead atoms. The van der Waals surface area contributed by atoms with Crippen LogP contribution in [0.15, 0.2) is 0 Å². The van der Waals surface area contributed by atoms with Crippen molar-refractivity contribution in [1.82, 2.24) is 1.92 Å². The molecule has 0 aromatic rings. The number of hydrogen-bond donors (Lipinski definition) is 0. The lowest BCUT2D eigenvalue weighted by Gasteiger charge is -2.12. The molecule has 0 aromatic heterocycles. The highest BCUT2D eigenvalue weighted by atomic mass is 127. The molecule has 14 heavy (non-hydrogen) atoms. The highest BCUT2D eigenvalue weighted by Gasteiger charge is 2.83. The van der Waals surface area contributed by atoms with Gasteiger partial charge in [0.15, 0.2) is 0 Å². The maximum absolute atomic E-state index is 12.5. The Hall–Kier alpha value is 0.310. The van der Waals surface area contributed by atoms with Crippen LogP contribution in [0.4, 0.5) is 17.6 Å². The van der Waals surface area contributed by atoms with Crippen molar-refractivity contribution in [2.75, 3.05) is 0 Å². The fourth-order valence-corrected chi connectivity index (χ4v) is 5.28. The summed E-state index contributed by atoms with van der Waals surface area (Å²) in [5.41, 5.74) is 0. The van der Waals surface area contributed by atoms with Crippen molar-refractivity contribution < 1.29 is 34.4 Å². The quantitative estimate of drug-likeness (QED) is 0.354. The third-order valence-corrected chi connectivity index (χ3v) is 8.35. The largest absolute Gasteiger partial charge is 0.439 e. The van der Waals surface area contributed by atoms with Crippen molar-refractivity contribution in [3.05, 3.63) is 0 Å². The zero-order chi connectivity index (χ0) is 11.6. The van der Waals surface area contributed by atoms with Gasteiger partial charge < -0.3 is 0 Å². The molecular weight excluding hydrogens is 369 g/mol. The summed E-state index contributed by atoms with van der Waals surface area (Å²) in [5.74, 6) is 0. The summed E-state index contributed by atoms with van der Waals surface area (Å²) in [5, 5.41) is -11.3. The zero-order valence-electron chi connectivity index (χ0n) is 5.79. The van der Waals surface area contributed by atoms with Crippen LogP contribution in [0.2, 0.25) is 0 Å². The van der Waals surface area contributed by atoms with Gasteiger partial charge in [-0.1, -0.05) is 0 Å². The van der Waals surface area contributed by atoms with Crippen LogP contribution in [0.25, 0.3) is 0 Å². The minimum atomic E-state index is -5.87. The zero-order valence-corrected chi connectivity index (χ0v) is 9.58. The van der Waals surface area contributed by atoms with Crippen molar-refractivity contribution in [2.24, 2.45) is 0 Å². The topological polar surface area (TPSA) is 71.5 Å². The van der Waals surface area contributed by atoms with Crippen LogP contribution >= 0.6 is 22.9 Å². The van der Waals surface area contributed by atoms with E-state index in [2.05, 4.69) is 0 Å². The van der Waals surface area contributed by atoms with Crippen molar-refractivity contribution in [2.45, 2.75) is 10.5 Å². The summed E-state index contributed by atoms with van der Waals surface area (Å²) in [6, 6.07) is 0. The van der Waals surface area contributed by atoms with Gasteiger partial charge in [0.2, 0.25) is 0 Å². The molecule has 1 aliphatic rings. The first-order valence-electron chi connectivity index (χ1n) is 2.62. The molecule has 5 nitrogen and oxygen atoms in total. The summed E-state index contributed by atoms with van der Waals surface area (Å²) in [7, 11) is -11.7. The minimum Gasteiger partial charge on any atom is -0.204 e. The molecule has 0 aromatic carbocycles. The number of alkyl halides is 4. The Morgan fingerprint density at radius 2 is 1.07 bits per heavy atom. The summed E-state index contributed by atoms with van der Waals surface area (Å²) in [4.78, 5) is 0. The molecule has 0 amide bonds. The Morgan fingerprint density at radius 3 is 1.14 bits per heavy atom. The fraction of sp³-hybridized carbons (Fsp3) is 1.00. The van der Waals surface area contributed by atoms with Crippen LogP contribution in [0.3, 0.4) is 0 Å². The predicted octanol–water partition coefficient (Wildman–Crippen LogP) is 0.497. The van der Waals surface area contributed by atoms with Gasteiger partial charge in [-0.25, -0.2) is 16.8 Å². The standard InChI is InChI=1S/C2F4INO4S2/c3-1(4)2(5,6)14(11,12)8(7)13(1,9)10. The Bertz CT molecular complexity index is 424. The molecule has 1 fully saturated rings. The van der Waals surface area contributed by atoms with Crippen LogP contribution in [-0.2, 0) is 20.0 Å². The first-order chi connectivity index (χ1) is 5.90. The maximum atomic E-state index is 12.5. The van der Waals surface area contributed by atoms with Crippen LogP contribution in [0.5, 0.6) is 0 Å². The van der Waals surface area contributed by atoms with Crippen molar-refractivity contribution in [1.29, 1.82) is 0 Å². The average molecular weight is 369 g/mol. The predicted molar refractivity (Wildman–Crippen MR) is 43.6 cm³/mol. The monoisotopic (exact) mass is 369 g/mol. The molecule has 1 aliphatic heterocycles. The van der Waals surface area contributed by atoms with E-state index in [0.29, 0.717) is 22.9 Å². The lowest BCUT2D eigenvalue weighted by Crippen LogP contribution is -2.42. The molecule has 0 N–H and O–H groups in total. The molecule has 1 heterocycles. The number of sulfonamides is 2. The fourth-order valence-electron chi connectivity index (χ4n) is 0.610.